The van der Waals surface area contributed by atoms with Gasteiger partial charge in [-0.05, 0) is 49.7 Å². The number of hydrogen-bond acceptors (Lipinski definition) is 6. The molecule has 0 atom stereocenters. The van der Waals surface area contributed by atoms with Crippen molar-refractivity contribution in [1.29, 1.82) is 0 Å². The van der Waals surface area contributed by atoms with E-state index in [1.54, 1.807) is 17.6 Å². The van der Waals surface area contributed by atoms with Gasteiger partial charge in [-0.15, -0.1) is 0 Å². The summed E-state index contributed by atoms with van der Waals surface area (Å²) in [7, 11) is 0. The van der Waals surface area contributed by atoms with Crippen LogP contribution in [-0.4, -0.2) is 27.9 Å². The molecule has 160 valence electrons. The van der Waals surface area contributed by atoms with Crippen LogP contribution in [0.15, 0.2) is 41.2 Å². The van der Waals surface area contributed by atoms with Crippen molar-refractivity contribution in [2.24, 2.45) is 0 Å². The Bertz CT molecular complexity index is 1220. The number of ether oxygens (including phenoxy) is 2. The Morgan fingerprint density at radius 2 is 1.74 bits per heavy atom. The fraction of sp³-hybridized carbons (Fsp3) is 0.273. The van der Waals surface area contributed by atoms with Crippen LogP contribution < -0.4 is 19.9 Å². The number of nitrogens with zero attached hydrogens (tertiary/aromatic N) is 4. The molecule has 0 saturated carbocycles. The van der Waals surface area contributed by atoms with Crippen LogP contribution >= 0.6 is 23.2 Å². The van der Waals surface area contributed by atoms with Crippen LogP contribution in [0.25, 0.3) is 0 Å². The molecule has 3 aromatic rings. The van der Waals surface area contributed by atoms with Crippen molar-refractivity contribution >= 4 is 34.8 Å². The van der Waals surface area contributed by atoms with Crippen LogP contribution in [0, 0.1) is 13.8 Å². The molecule has 0 aliphatic carbocycles. The summed E-state index contributed by atoms with van der Waals surface area (Å²) in [5.41, 5.74) is 3.12. The van der Waals surface area contributed by atoms with Crippen molar-refractivity contribution < 1.29 is 9.47 Å². The third kappa shape index (κ3) is 3.73. The summed E-state index contributed by atoms with van der Waals surface area (Å²) in [6.45, 7) is 5.43. The van der Waals surface area contributed by atoms with E-state index in [2.05, 4.69) is 4.90 Å². The van der Waals surface area contributed by atoms with E-state index in [0.717, 1.165) is 22.7 Å². The molecule has 5 rings (SSSR count). The molecule has 0 fully saturated rings. The Labute approximate surface area is 189 Å². The summed E-state index contributed by atoms with van der Waals surface area (Å²) in [6.07, 6.45) is 0. The van der Waals surface area contributed by atoms with Crippen molar-refractivity contribution in [2.45, 2.75) is 27.1 Å². The lowest BCUT2D eigenvalue weighted by Crippen LogP contribution is -2.47. The minimum Gasteiger partial charge on any atom is -0.454 e. The lowest BCUT2D eigenvalue weighted by molar-refractivity contribution is 0.173. The van der Waals surface area contributed by atoms with Crippen molar-refractivity contribution in [1.82, 2.24) is 14.5 Å². The molecule has 1 aromatic heterocycles. The Morgan fingerprint density at radius 3 is 2.52 bits per heavy atom. The maximum absolute atomic E-state index is 13.1. The normalized spacial score (nSPS) is 15.3. The molecule has 0 unspecified atom stereocenters. The Balaban J connectivity index is 1.55. The van der Waals surface area contributed by atoms with Crippen molar-refractivity contribution in [3.8, 4) is 11.5 Å². The molecular formula is C22H20Cl2N4O3. The van der Waals surface area contributed by atoms with E-state index in [1.165, 1.54) is 0 Å². The highest BCUT2D eigenvalue weighted by Gasteiger charge is 2.28. The van der Waals surface area contributed by atoms with Gasteiger partial charge in [0.15, 0.2) is 11.5 Å². The van der Waals surface area contributed by atoms with Crippen LogP contribution in [0.5, 0.6) is 11.5 Å². The van der Waals surface area contributed by atoms with E-state index in [9.17, 15) is 4.79 Å². The van der Waals surface area contributed by atoms with Crippen molar-refractivity contribution in [3.05, 3.63) is 73.6 Å². The zero-order valence-corrected chi connectivity index (χ0v) is 18.6. The average molecular weight is 459 g/mol. The second kappa shape index (κ2) is 7.75. The van der Waals surface area contributed by atoms with Gasteiger partial charge in [0, 0.05) is 33.5 Å². The largest absolute Gasteiger partial charge is 0.454 e. The second-order valence-corrected chi connectivity index (χ2v) is 8.58. The number of hydrogen-bond donors (Lipinski definition) is 0. The molecule has 0 amide bonds. The highest BCUT2D eigenvalue weighted by molar-refractivity contribution is 6.35. The molecule has 7 nitrogen and oxygen atoms in total. The van der Waals surface area contributed by atoms with E-state index in [4.69, 9.17) is 37.7 Å². The van der Waals surface area contributed by atoms with Crippen molar-refractivity contribution in [3.63, 3.8) is 0 Å². The molecule has 0 spiro atoms. The predicted molar refractivity (Wildman–Crippen MR) is 120 cm³/mol. The summed E-state index contributed by atoms with van der Waals surface area (Å²) >= 11 is 12.5. The van der Waals surface area contributed by atoms with Gasteiger partial charge in [0.05, 0.1) is 13.3 Å². The topological polar surface area (TPSA) is 59.8 Å². The summed E-state index contributed by atoms with van der Waals surface area (Å²) in [5, 5.41) is 1.04. The zero-order chi connectivity index (χ0) is 21.7. The SMILES string of the molecule is Cc1nc2n(c(=O)c1C)CN(Cc1ccc3c(c1)OCO3)CN2c1cc(Cl)cc(Cl)c1. The monoisotopic (exact) mass is 458 g/mol. The predicted octanol–water partition coefficient (Wildman–Crippen LogP) is 4.46. The van der Waals surface area contributed by atoms with E-state index in [1.807, 2.05) is 42.2 Å². The third-order valence-electron chi connectivity index (χ3n) is 5.54. The first kappa shape index (κ1) is 20.2. The molecule has 0 N–H and O–H groups in total. The minimum atomic E-state index is -0.0592. The van der Waals surface area contributed by atoms with Gasteiger partial charge in [-0.1, -0.05) is 29.3 Å². The number of aryl methyl sites for hydroxylation is 1. The van der Waals surface area contributed by atoms with Gasteiger partial charge in [-0.25, -0.2) is 4.98 Å². The lowest BCUT2D eigenvalue weighted by atomic mass is 10.2. The first-order chi connectivity index (χ1) is 14.9. The summed E-state index contributed by atoms with van der Waals surface area (Å²) in [4.78, 5) is 21.9. The Hall–Kier alpha value is -2.74. The molecule has 0 radical (unpaired) electrons. The third-order valence-corrected chi connectivity index (χ3v) is 5.98. The van der Waals surface area contributed by atoms with Gasteiger partial charge in [0.1, 0.15) is 0 Å². The van der Waals surface area contributed by atoms with E-state index in [-0.39, 0.29) is 12.4 Å². The molecular weight excluding hydrogens is 439 g/mol. The van der Waals surface area contributed by atoms with Gasteiger partial charge >= 0.3 is 0 Å². The van der Waals surface area contributed by atoms with Gasteiger partial charge < -0.3 is 9.47 Å². The van der Waals surface area contributed by atoms with Crippen molar-refractivity contribution in [2.75, 3.05) is 18.4 Å². The molecule has 2 aromatic carbocycles. The van der Waals surface area contributed by atoms with Gasteiger partial charge in [0.2, 0.25) is 12.7 Å². The van der Waals surface area contributed by atoms with Crippen LogP contribution in [0.2, 0.25) is 10.0 Å². The second-order valence-electron chi connectivity index (χ2n) is 7.71. The molecule has 2 aliphatic heterocycles. The van der Waals surface area contributed by atoms with E-state index >= 15 is 0 Å². The molecule has 2 aliphatic rings. The number of fused-ring (bicyclic) bond motifs is 2. The highest BCUT2D eigenvalue weighted by Crippen LogP contribution is 2.35. The average Bonchev–Trinajstić information content (AvgIpc) is 3.19. The van der Waals surface area contributed by atoms with Crippen LogP contribution in [0.4, 0.5) is 11.6 Å². The smallest absolute Gasteiger partial charge is 0.259 e. The highest BCUT2D eigenvalue weighted by atomic mass is 35.5. The molecule has 0 saturated heterocycles. The standard InChI is InChI=1S/C22H20Cl2N4O3/c1-13-14(2)25-22-27(18-7-16(23)6-17(24)8-18)10-26(11-28(22)21(13)29)9-15-3-4-19-20(5-15)31-12-30-19/h3-8H,9-12H2,1-2H3. The van der Waals surface area contributed by atoms with Gasteiger partial charge in [-0.2, -0.15) is 0 Å². The first-order valence-electron chi connectivity index (χ1n) is 9.81. The molecule has 31 heavy (non-hydrogen) atoms. The van der Waals surface area contributed by atoms with Crippen LogP contribution in [0.1, 0.15) is 16.8 Å². The Kier molecular flexibility index (Phi) is 5.04. The number of aromatic nitrogens is 2. The molecule has 0 bridgehead atoms. The maximum Gasteiger partial charge on any atom is 0.259 e. The summed E-state index contributed by atoms with van der Waals surface area (Å²) < 4.78 is 12.6. The number of benzene rings is 2. The summed E-state index contributed by atoms with van der Waals surface area (Å²) in [6, 6.07) is 11.2. The quantitative estimate of drug-likeness (QED) is 0.577. The lowest BCUT2D eigenvalue weighted by Gasteiger charge is -2.38. The number of rotatable bonds is 3. The summed E-state index contributed by atoms with van der Waals surface area (Å²) in [5.74, 6) is 2.06. The van der Waals surface area contributed by atoms with E-state index < -0.39 is 0 Å². The van der Waals surface area contributed by atoms with Gasteiger partial charge in [-0.3, -0.25) is 19.2 Å². The fourth-order valence-corrected chi connectivity index (χ4v) is 4.39. The van der Waals surface area contributed by atoms with Crippen LogP contribution in [-0.2, 0) is 13.2 Å². The molecule has 9 heteroatoms. The number of halogens is 2. The minimum absolute atomic E-state index is 0.0592. The first-order valence-corrected chi connectivity index (χ1v) is 10.6. The fourth-order valence-electron chi connectivity index (χ4n) is 3.87. The Morgan fingerprint density at radius 1 is 1.00 bits per heavy atom. The number of anilines is 2. The molecule has 3 heterocycles. The van der Waals surface area contributed by atoms with Gasteiger partial charge in [0.25, 0.3) is 5.56 Å². The van der Waals surface area contributed by atoms with Crippen LogP contribution in [0.3, 0.4) is 0 Å². The zero-order valence-electron chi connectivity index (χ0n) is 17.1. The van der Waals surface area contributed by atoms with E-state index in [0.29, 0.717) is 47.1 Å². The maximum atomic E-state index is 13.1.